The van der Waals surface area contributed by atoms with Crippen molar-refractivity contribution in [2.75, 3.05) is 19.7 Å². The molecule has 2 aliphatic carbocycles. The lowest BCUT2D eigenvalue weighted by Gasteiger charge is -2.28. The number of carboxylic acid groups (broad SMARTS) is 1. The van der Waals surface area contributed by atoms with Crippen LogP contribution in [-0.2, 0) is 14.3 Å². The van der Waals surface area contributed by atoms with E-state index in [0.717, 1.165) is 19.8 Å². The summed E-state index contributed by atoms with van der Waals surface area (Å²) < 4.78 is 5.59. The van der Waals surface area contributed by atoms with Gasteiger partial charge in [-0.25, -0.2) is 9.59 Å². The molecule has 8 heteroatoms. The quantitative estimate of drug-likeness (QED) is 0.460. The van der Waals surface area contributed by atoms with Gasteiger partial charge >= 0.3 is 12.1 Å². The molecule has 186 valence electrons. The van der Waals surface area contributed by atoms with Gasteiger partial charge in [0.2, 0.25) is 5.91 Å². The molecule has 0 saturated heterocycles. The number of fused-ring (bicyclic) bond motifs is 3. The van der Waals surface area contributed by atoms with Crippen LogP contribution < -0.4 is 10.6 Å². The van der Waals surface area contributed by atoms with Crippen molar-refractivity contribution in [3.8, 4) is 11.1 Å². The Balaban J connectivity index is 1.20. The van der Waals surface area contributed by atoms with E-state index in [4.69, 9.17) is 9.84 Å². The zero-order valence-electron chi connectivity index (χ0n) is 19.8. The number of carbonyl (C=O) groups is 3. The van der Waals surface area contributed by atoms with E-state index in [1.54, 1.807) is 0 Å². The number of aliphatic carboxylic acids is 1. The van der Waals surface area contributed by atoms with Gasteiger partial charge in [0, 0.05) is 18.4 Å². The summed E-state index contributed by atoms with van der Waals surface area (Å²) in [6.07, 6.45) is 2.41. The van der Waals surface area contributed by atoms with Crippen molar-refractivity contribution in [3.63, 3.8) is 0 Å². The molecule has 1 saturated carbocycles. The third-order valence-electron chi connectivity index (χ3n) is 7.16. The number of hydrogen-bond acceptors (Lipinski definition) is 5. The first-order valence-electron chi connectivity index (χ1n) is 12.1. The van der Waals surface area contributed by atoms with Crippen LogP contribution in [0.2, 0.25) is 0 Å². The van der Waals surface area contributed by atoms with Crippen LogP contribution in [0.5, 0.6) is 0 Å². The van der Waals surface area contributed by atoms with Gasteiger partial charge in [-0.15, -0.1) is 0 Å². The summed E-state index contributed by atoms with van der Waals surface area (Å²) >= 11 is 0. The van der Waals surface area contributed by atoms with E-state index >= 15 is 0 Å². The molecule has 4 rings (SSSR count). The fourth-order valence-electron chi connectivity index (χ4n) is 4.99. The van der Waals surface area contributed by atoms with E-state index < -0.39 is 17.7 Å². The van der Waals surface area contributed by atoms with Gasteiger partial charge in [-0.1, -0.05) is 48.5 Å². The van der Waals surface area contributed by atoms with Crippen LogP contribution in [0.15, 0.2) is 48.5 Å². The summed E-state index contributed by atoms with van der Waals surface area (Å²) in [4.78, 5) is 35.7. The van der Waals surface area contributed by atoms with Crippen LogP contribution in [0.4, 0.5) is 4.79 Å². The molecule has 0 bridgehead atoms. The number of rotatable bonds is 8. The third-order valence-corrected chi connectivity index (χ3v) is 7.16. The van der Waals surface area contributed by atoms with Gasteiger partial charge in [-0.2, -0.15) is 0 Å². The second-order valence-corrected chi connectivity index (χ2v) is 9.72. The van der Waals surface area contributed by atoms with Crippen LogP contribution in [0.1, 0.15) is 49.7 Å². The van der Waals surface area contributed by atoms with Gasteiger partial charge in [0.05, 0.1) is 6.54 Å². The van der Waals surface area contributed by atoms with Gasteiger partial charge < -0.3 is 25.6 Å². The van der Waals surface area contributed by atoms with Gasteiger partial charge in [0.25, 0.3) is 0 Å². The van der Waals surface area contributed by atoms with E-state index in [2.05, 4.69) is 34.9 Å². The number of carboxylic acids is 1. The molecule has 2 amide bonds. The largest absolute Gasteiger partial charge is 0.479 e. The zero-order valence-corrected chi connectivity index (χ0v) is 19.8. The highest BCUT2D eigenvalue weighted by Crippen LogP contribution is 2.44. The molecule has 8 nitrogen and oxygen atoms in total. The molecule has 2 aliphatic rings. The van der Waals surface area contributed by atoms with Crippen LogP contribution in [0.25, 0.3) is 11.1 Å². The number of amides is 2. The molecule has 4 N–H and O–H groups in total. The molecule has 1 unspecified atom stereocenters. The van der Waals surface area contributed by atoms with Crippen LogP contribution >= 0.6 is 0 Å². The molecule has 0 spiro atoms. The Labute approximate surface area is 204 Å². The van der Waals surface area contributed by atoms with E-state index in [1.807, 2.05) is 24.3 Å². The first-order chi connectivity index (χ1) is 16.8. The van der Waals surface area contributed by atoms with E-state index in [1.165, 1.54) is 22.3 Å². The predicted molar refractivity (Wildman–Crippen MR) is 130 cm³/mol. The minimum Gasteiger partial charge on any atom is -0.479 e. The standard InChI is InChI=1S/C27H32N2O6/c1-27(34,25(31)32)16-29-24(30)18-12-10-17(11-13-18)14-28-26(33)35-15-23-21-8-4-2-6-19(21)20-7-3-5-9-22(20)23/h2-9,17-18,23,34H,10-16H2,1H3,(H,28,33)(H,29,30)(H,31,32). The average molecular weight is 481 g/mol. The highest BCUT2D eigenvalue weighted by atomic mass is 16.5. The van der Waals surface area contributed by atoms with Crippen molar-refractivity contribution in [2.45, 2.75) is 44.1 Å². The monoisotopic (exact) mass is 480 g/mol. The molecule has 0 radical (unpaired) electrons. The topological polar surface area (TPSA) is 125 Å². The van der Waals surface area contributed by atoms with Crippen LogP contribution in [-0.4, -0.2) is 53.5 Å². The fourth-order valence-corrected chi connectivity index (χ4v) is 4.99. The Morgan fingerprint density at radius 1 is 0.943 bits per heavy atom. The number of ether oxygens (including phenoxy) is 1. The molecular formula is C27H32N2O6. The van der Waals surface area contributed by atoms with Crippen molar-refractivity contribution in [1.82, 2.24) is 10.6 Å². The Morgan fingerprint density at radius 2 is 1.51 bits per heavy atom. The lowest BCUT2D eigenvalue weighted by molar-refractivity contribution is -0.156. The maximum atomic E-state index is 12.4. The van der Waals surface area contributed by atoms with Crippen molar-refractivity contribution in [1.29, 1.82) is 0 Å². The zero-order chi connectivity index (χ0) is 25.0. The minimum atomic E-state index is -1.99. The molecule has 0 heterocycles. The average Bonchev–Trinajstić information content (AvgIpc) is 3.18. The number of alkyl carbamates (subject to hydrolysis) is 1. The van der Waals surface area contributed by atoms with Crippen molar-refractivity contribution >= 4 is 18.0 Å². The van der Waals surface area contributed by atoms with Crippen molar-refractivity contribution in [2.24, 2.45) is 11.8 Å². The number of hydrogen-bond donors (Lipinski definition) is 4. The Hall–Kier alpha value is -3.39. The Kier molecular flexibility index (Phi) is 7.40. The molecule has 2 aromatic carbocycles. The van der Waals surface area contributed by atoms with Gasteiger partial charge in [0.15, 0.2) is 5.60 Å². The van der Waals surface area contributed by atoms with Crippen LogP contribution in [0, 0.1) is 11.8 Å². The molecule has 0 aliphatic heterocycles. The maximum absolute atomic E-state index is 12.4. The van der Waals surface area contributed by atoms with Gasteiger partial charge in [-0.05, 0) is 60.8 Å². The molecule has 1 atom stereocenters. The lowest BCUT2D eigenvalue weighted by atomic mass is 9.81. The highest BCUT2D eigenvalue weighted by Gasteiger charge is 2.33. The Bertz CT molecular complexity index is 1050. The molecule has 35 heavy (non-hydrogen) atoms. The van der Waals surface area contributed by atoms with Gasteiger partial charge in [0.1, 0.15) is 6.61 Å². The summed E-state index contributed by atoms with van der Waals surface area (Å²) in [7, 11) is 0. The fraction of sp³-hybridized carbons (Fsp3) is 0.444. The van der Waals surface area contributed by atoms with Crippen molar-refractivity contribution < 1.29 is 29.3 Å². The number of carbonyl (C=O) groups excluding carboxylic acids is 2. The maximum Gasteiger partial charge on any atom is 0.407 e. The smallest absolute Gasteiger partial charge is 0.407 e. The highest BCUT2D eigenvalue weighted by molar-refractivity contribution is 5.81. The number of aliphatic hydroxyl groups is 1. The molecular weight excluding hydrogens is 448 g/mol. The summed E-state index contributed by atoms with van der Waals surface area (Å²) in [5.74, 6) is -1.56. The SMILES string of the molecule is CC(O)(CNC(=O)C1CCC(CNC(=O)OCC2c3ccccc3-c3ccccc32)CC1)C(=O)O. The molecule has 1 fully saturated rings. The summed E-state index contributed by atoms with van der Waals surface area (Å²) in [5.41, 5.74) is 2.72. The summed E-state index contributed by atoms with van der Waals surface area (Å²) in [6.45, 7) is 1.58. The first-order valence-corrected chi connectivity index (χ1v) is 12.1. The van der Waals surface area contributed by atoms with Crippen molar-refractivity contribution in [3.05, 3.63) is 59.7 Å². The lowest BCUT2D eigenvalue weighted by Crippen LogP contribution is -2.48. The first kappa shape index (κ1) is 24.7. The summed E-state index contributed by atoms with van der Waals surface area (Å²) in [6, 6.07) is 16.4. The normalized spacial score (nSPS) is 20.7. The summed E-state index contributed by atoms with van der Waals surface area (Å²) in [5, 5.41) is 24.1. The number of nitrogens with one attached hydrogen (secondary N) is 2. The number of benzene rings is 2. The Morgan fingerprint density at radius 3 is 2.09 bits per heavy atom. The molecule has 0 aromatic heterocycles. The van der Waals surface area contributed by atoms with E-state index in [0.29, 0.717) is 19.4 Å². The van der Waals surface area contributed by atoms with E-state index in [-0.39, 0.29) is 36.8 Å². The van der Waals surface area contributed by atoms with Gasteiger partial charge in [-0.3, -0.25) is 4.79 Å². The minimum absolute atomic E-state index is 0.0176. The second-order valence-electron chi connectivity index (χ2n) is 9.72. The van der Waals surface area contributed by atoms with E-state index in [9.17, 15) is 19.5 Å². The van der Waals surface area contributed by atoms with Crippen LogP contribution in [0.3, 0.4) is 0 Å². The second kappa shape index (κ2) is 10.5. The third kappa shape index (κ3) is 5.65. The predicted octanol–water partition coefficient (Wildman–Crippen LogP) is 3.28. The molecule has 2 aromatic rings.